The lowest BCUT2D eigenvalue weighted by molar-refractivity contribution is -0.122. The molecule has 3 rings (SSSR count). The summed E-state index contributed by atoms with van der Waals surface area (Å²) in [4.78, 5) is 14.5. The van der Waals surface area contributed by atoms with E-state index < -0.39 is 0 Å². The van der Waals surface area contributed by atoms with Crippen LogP contribution in [0.5, 0.6) is 5.75 Å². The van der Waals surface area contributed by atoms with Gasteiger partial charge in [0.1, 0.15) is 10.1 Å². The summed E-state index contributed by atoms with van der Waals surface area (Å²) < 4.78 is 0.629. The maximum Gasteiger partial charge on any atom is 0.266 e. The number of benzene rings is 1. The van der Waals surface area contributed by atoms with Crippen molar-refractivity contribution in [3.8, 4) is 5.75 Å². The molecule has 3 nitrogen and oxygen atoms in total. The number of rotatable bonds is 2. The Hall–Kier alpha value is -1.33. The zero-order valence-electron chi connectivity index (χ0n) is 9.50. The molecule has 18 heavy (non-hydrogen) atoms. The third kappa shape index (κ3) is 2.04. The monoisotopic (exact) mass is 277 g/mol. The van der Waals surface area contributed by atoms with Crippen LogP contribution in [-0.4, -0.2) is 26.3 Å². The van der Waals surface area contributed by atoms with Gasteiger partial charge in [0, 0.05) is 11.6 Å². The van der Waals surface area contributed by atoms with Crippen molar-refractivity contribution in [2.75, 3.05) is 0 Å². The fourth-order valence-electron chi connectivity index (χ4n) is 1.88. The van der Waals surface area contributed by atoms with Crippen LogP contribution in [0.2, 0.25) is 0 Å². The summed E-state index contributed by atoms with van der Waals surface area (Å²) in [6.07, 6.45) is 3.78. The molecule has 1 aliphatic heterocycles. The Bertz CT molecular complexity index is 564. The second kappa shape index (κ2) is 4.40. The molecule has 1 N–H and O–H groups in total. The molecule has 1 aromatic rings. The summed E-state index contributed by atoms with van der Waals surface area (Å²) in [5, 5.41) is 9.70. The van der Waals surface area contributed by atoms with Crippen molar-refractivity contribution in [2.45, 2.75) is 18.9 Å². The highest BCUT2D eigenvalue weighted by molar-refractivity contribution is 8.26. The fraction of sp³-hybridized carbons (Fsp3) is 0.231. The molecule has 2 aliphatic rings. The Kier molecular flexibility index (Phi) is 2.87. The molecule has 1 saturated heterocycles. The maximum absolute atomic E-state index is 12.2. The van der Waals surface area contributed by atoms with E-state index >= 15 is 0 Å². The topological polar surface area (TPSA) is 40.5 Å². The molecule has 1 aliphatic carbocycles. The van der Waals surface area contributed by atoms with Gasteiger partial charge in [-0.2, -0.15) is 0 Å². The number of amides is 1. The van der Waals surface area contributed by atoms with E-state index in [0.29, 0.717) is 20.8 Å². The fourth-order valence-corrected chi connectivity index (χ4v) is 3.27. The number of carbonyl (C=O) groups excluding carboxylic acids is 1. The molecule has 0 radical (unpaired) electrons. The molecule has 1 aromatic carbocycles. The van der Waals surface area contributed by atoms with Gasteiger partial charge in [0.2, 0.25) is 0 Å². The Morgan fingerprint density at radius 1 is 1.39 bits per heavy atom. The van der Waals surface area contributed by atoms with Crippen molar-refractivity contribution < 1.29 is 9.90 Å². The van der Waals surface area contributed by atoms with E-state index in [-0.39, 0.29) is 11.7 Å². The predicted octanol–water partition coefficient (Wildman–Crippen LogP) is 2.76. The number of hydrogen-bond donors (Lipinski definition) is 1. The van der Waals surface area contributed by atoms with Gasteiger partial charge in [-0.1, -0.05) is 42.2 Å². The minimum Gasteiger partial charge on any atom is -0.507 e. The van der Waals surface area contributed by atoms with E-state index in [1.165, 1.54) is 11.8 Å². The van der Waals surface area contributed by atoms with E-state index in [2.05, 4.69) is 0 Å². The lowest BCUT2D eigenvalue weighted by Gasteiger charge is -2.11. The van der Waals surface area contributed by atoms with Crippen molar-refractivity contribution >= 4 is 40.3 Å². The van der Waals surface area contributed by atoms with E-state index in [1.807, 2.05) is 6.07 Å². The number of hydrogen-bond acceptors (Lipinski definition) is 4. The summed E-state index contributed by atoms with van der Waals surface area (Å²) in [6, 6.07) is 7.26. The van der Waals surface area contributed by atoms with E-state index in [4.69, 9.17) is 12.2 Å². The molecular weight excluding hydrogens is 266 g/mol. The van der Waals surface area contributed by atoms with Crippen molar-refractivity contribution in [1.82, 2.24) is 4.90 Å². The van der Waals surface area contributed by atoms with Gasteiger partial charge in [-0.05, 0) is 25.0 Å². The summed E-state index contributed by atoms with van der Waals surface area (Å²) in [5.74, 6) is 0.143. The minimum absolute atomic E-state index is 0.0317. The predicted molar refractivity (Wildman–Crippen MR) is 76.1 cm³/mol. The first kappa shape index (κ1) is 11.7. The first-order valence-corrected chi connectivity index (χ1v) is 6.94. The van der Waals surface area contributed by atoms with Crippen LogP contribution in [0.15, 0.2) is 29.2 Å². The normalized spacial score (nSPS) is 22.0. The molecule has 1 amide bonds. The third-order valence-electron chi connectivity index (χ3n) is 2.96. The molecule has 1 heterocycles. The highest BCUT2D eigenvalue weighted by Gasteiger charge is 2.41. The molecule has 92 valence electrons. The zero-order valence-corrected chi connectivity index (χ0v) is 11.1. The average molecular weight is 277 g/mol. The Labute approximate surface area is 114 Å². The highest BCUT2D eigenvalue weighted by atomic mass is 32.2. The number of thiocarbonyl (C=S) groups is 1. The van der Waals surface area contributed by atoms with Gasteiger partial charge in [-0.15, -0.1) is 0 Å². The lowest BCUT2D eigenvalue weighted by atomic mass is 10.2. The van der Waals surface area contributed by atoms with Crippen LogP contribution in [0.3, 0.4) is 0 Å². The van der Waals surface area contributed by atoms with Crippen molar-refractivity contribution in [3.63, 3.8) is 0 Å². The van der Waals surface area contributed by atoms with E-state index in [0.717, 1.165) is 12.8 Å². The number of thioether (sulfide) groups is 1. The van der Waals surface area contributed by atoms with Crippen LogP contribution in [0.25, 0.3) is 6.08 Å². The van der Waals surface area contributed by atoms with Crippen LogP contribution in [-0.2, 0) is 4.79 Å². The van der Waals surface area contributed by atoms with Crippen LogP contribution < -0.4 is 0 Å². The van der Waals surface area contributed by atoms with Gasteiger partial charge in [0.15, 0.2) is 0 Å². The highest BCUT2D eigenvalue weighted by Crippen LogP contribution is 2.40. The van der Waals surface area contributed by atoms with Crippen molar-refractivity contribution in [2.24, 2.45) is 0 Å². The van der Waals surface area contributed by atoms with E-state index in [9.17, 15) is 9.90 Å². The molecule has 0 bridgehead atoms. The summed E-state index contributed by atoms with van der Waals surface area (Å²) in [7, 11) is 0. The van der Waals surface area contributed by atoms with Gasteiger partial charge < -0.3 is 5.11 Å². The summed E-state index contributed by atoms with van der Waals surface area (Å²) >= 11 is 6.54. The largest absolute Gasteiger partial charge is 0.507 e. The zero-order chi connectivity index (χ0) is 12.7. The third-order valence-corrected chi connectivity index (χ3v) is 4.29. The summed E-state index contributed by atoms with van der Waals surface area (Å²) in [6.45, 7) is 0. The molecule has 0 unspecified atom stereocenters. The number of carbonyl (C=O) groups is 1. The first-order chi connectivity index (χ1) is 8.66. The van der Waals surface area contributed by atoms with E-state index in [1.54, 1.807) is 29.2 Å². The van der Waals surface area contributed by atoms with Gasteiger partial charge in [-0.25, -0.2) is 0 Å². The van der Waals surface area contributed by atoms with Crippen LogP contribution >= 0.6 is 24.0 Å². The van der Waals surface area contributed by atoms with Crippen LogP contribution in [0, 0.1) is 0 Å². The second-order valence-electron chi connectivity index (χ2n) is 4.34. The molecule has 0 atom stereocenters. The van der Waals surface area contributed by atoms with Crippen LogP contribution in [0.1, 0.15) is 18.4 Å². The SMILES string of the molecule is O=C1/C(=C/c2ccccc2O)SC(=S)N1C1CC1. The quantitative estimate of drug-likeness (QED) is 0.666. The number of phenolic OH excluding ortho intramolecular Hbond substituents is 1. The smallest absolute Gasteiger partial charge is 0.266 e. The number of phenols is 1. The molecule has 1 saturated carbocycles. The number of nitrogens with zero attached hydrogens (tertiary/aromatic N) is 1. The van der Waals surface area contributed by atoms with Crippen molar-refractivity contribution in [1.29, 1.82) is 0 Å². The lowest BCUT2D eigenvalue weighted by Crippen LogP contribution is -2.30. The molecular formula is C13H11NO2S2. The Morgan fingerprint density at radius 3 is 2.78 bits per heavy atom. The molecule has 0 spiro atoms. The van der Waals surface area contributed by atoms with Gasteiger partial charge in [-0.3, -0.25) is 9.69 Å². The Balaban J connectivity index is 1.92. The van der Waals surface area contributed by atoms with Gasteiger partial charge >= 0.3 is 0 Å². The minimum atomic E-state index is -0.0317. The van der Waals surface area contributed by atoms with Crippen LogP contribution in [0.4, 0.5) is 0 Å². The molecule has 0 aromatic heterocycles. The first-order valence-electron chi connectivity index (χ1n) is 5.72. The average Bonchev–Trinajstić information content (AvgIpc) is 3.11. The number of aromatic hydroxyl groups is 1. The summed E-state index contributed by atoms with van der Waals surface area (Å²) in [5.41, 5.74) is 0.647. The van der Waals surface area contributed by atoms with Gasteiger partial charge in [0.05, 0.1) is 4.91 Å². The second-order valence-corrected chi connectivity index (χ2v) is 6.02. The maximum atomic E-state index is 12.2. The van der Waals surface area contributed by atoms with Gasteiger partial charge in [0.25, 0.3) is 5.91 Å². The molecule has 2 fully saturated rings. The molecule has 5 heteroatoms. The standard InChI is InChI=1S/C13H11NO2S2/c15-10-4-2-1-3-8(10)7-11-12(16)14(9-5-6-9)13(17)18-11/h1-4,7,9,15H,5-6H2/b11-7-. The van der Waals surface area contributed by atoms with Crippen molar-refractivity contribution in [3.05, 3.63) is 34.7 Å². The number of para-hydroxylation sites is 1. The Morgan fingerprint density at radius 2 is 2.11 bits per heavy atom.